The molecule has 0 aromatic heterocycles. The van der Waals surface area contributed by atoms with E-state index in [4.69, 9.17) is 9.47 Å². The molecule has 0 bridgehead atoms. The van der Waals surface area contributed by atoms with Crippen LogP contribution in [0.15, 0.2) is 48.5 Å². The molecular weight excluding hydrogens is 339 g/mol. The zero-order valence-electron chi connectivity index (χ0n) is 14.6. The molecule has 0 aliphatic heterocycles. The Kier molecular flexibility index (Phi) is 7.11. The Balaban J connectivity index is 1.74. The van der Waals surface area contributed by atoms with Crippen LogP contribution in [0.1, 0.15) is 29.8 Å². The topological polar surface area (TPSA) is 76.7 Å². The maximum Gasteiger partial charge on any atom is 0.276 e. The first-order chi connectivity index (χ1) is 12.4. The summed E-state index contributed by atoms with van der Waals surface area (Å²) in [4.78, 5) is 23.7. The molecule has 2 N–H and O–H groups in total. The van der Waals surface area contributed by atoms with Crippen LogP contribution in [-0.4, -0.2) is 24.5 Å². The van der Waals surface area contributed by atoms with Gasteiger partial charge in [0.1, 0.15) is 11.6 Å². The number of carbonyl (C=O) groups is 2. The Morgan fingerprint density at radius 1 is 1.00 bits per heavy atom. The second-order valence-corrected chi connectivity index (χ2v) is 5.80. The van der Waals surface area contributed by atoms with Crippen molar-refractivity contribution >= 4 is 11.8 Å². The highest BCUT2D eigenvalue weighted by atomic mass is 19.1. The summed E-state index contributed by atoms with van der Waals surface area (Å²) < 4.78 is 23.4. The molecule has 6 nitrogen and oxygen atoms in total. The van der Waals surface area contributed by atoms with E-state index in [9.17, 15) is 14.0 Å². The number of halogens is 1. The lowest BCUT2D eigenvalue weighted by molar-refractivity contribution is -0.123. The quantitative estimate of drug-likeness (QED) is 0.744. The Hall–Kier alpha value is -2.93. The van der Waals surface area contributed by atoms with Crippen molar-refractivity contribution in [2.24, 2.45) is 0 Å². The number of benzene rings is 2. The van der Waals surface area contributed by atoms with E-state index in [2.05, 4.69) is 10.9 Å². The Bertz CT molecular complexity index is 730. The second-order valence-electron chi connectivity index (χ2n) is 5.80. The van der Waals surface area contributed by atoms with E-state index in [0.717, 1.165) is 5.56 Å². The van der Waals surface area contributed by atoms with Gasteiger partial charge in [-0.15, -0.1) is 0 Å². The number of carbonyl (C=O) groups excluding carboxylic acids is 2. The van der Waals surface area contributed by atoms with E-state index in [-0.39, 0.29) is 12.7 Å². The van der Waals surface area contributed by atoms with Gasteiger partial charge in [-0.3, -0.25) is 20.4 Å². The molecule has 26 heavy (non-hydrogen) atoms. The van der Waals surface area contributed by atoms with E-state index in [1.807, 2.05) is 13.8 Å². The van der Waals surface area contributed by atoms with Crippen molar-refractivity contribution in [1.29, 1.82) is 0 Å². The van der Waals surface area contributed by atoms with Crippen LogP contribution in [0.2, 0.25) is 0 Å². The third kappa shape index (κ3) is 6.52. The Labute approximate surface area is 151 Å². The van der Waals surface area contributed by atoms with Gasteiger partial charge in [0.2, 0.25) is 0 Å². The van der Waals surface area contributed by atoms with Crippen LogP contribution < -0.4 is 15.6 Å². The lowest BCUT2D eigenvalue weighted by Gasteiger charge is -2.10. The Morgan fingerprint density at radius 3 is 2.27 bits per heavy atom. The molecule has 0 aliphatic rings. The summed E-state index contributed by atoms with van der Waals surface area (Å²) >= 11 is 0. The number of amides is 2. The number of ether oxygens (including phenoxy) is 2. The van der Waals surface area contributed by atoms with Crippen LogP contribution >= 0.6 is 0 Å². The molecule has 7 heteroatoms. The van der Waals surface area contributed by atoms with Crippen molar-refractivity contribution in [3.05, 3.63) is 65.5 Å². The highest BCUT2D eigenvalue weighted by molar-refractivity contribution is 5.95. The first-order valence-corrected chi connectivity index (χ1v) is 8.12. The maximum atomic E-state index is 12.8. The monoisotopic (exact) mass is 360 g/mol. The molecule has 2 aromatic carbocycles. The van der Waals surface area contributed by atoms with Gasteiger partial charge in [0.15, 0.2) is 6.61 Å². The first kappa shape index (κ1) is 19.4. The van der Waals surface area contributed by atoms with Crippen LogP contribution in [0.5, 0.6) is 5.75 Å². The van der Waals surface area contributed by atoms with Crippen molar-refractivity contribution in [1.82, 2.24) is 10.9 Å². The van der Waals surface area contributed by atoms with Crippen molar-refractivity contribution in [2.45, 2.75) is 26.6 Å². The summed E-state index contributed by atoms with van der Waals surface area (Å²) in [7, 11) is 0. The highest BCUT2D eigenvalue weighted by Gasteiger charge is 2.08. The zero-order chi connectivity index (χ0) is 18.9. The summed E-state index contributed by atoms with van der Waals surface area (Å²) in [6.07, 6.45) is 0.130. The van der Waals surface area contributed by atoms with Crippen molar-refractivity contribution in [2.75, 3.05) is 6.61 Å². The predicted octanol–water partition coefficient (Wildman–Crippen LogP) is 2.59. The average Bonchev–Trinajstić information content (AvgIpc) is 2.64. The van der Waals surface area contributed by atoms with Crippen LogP contribution in [0.3, 0.4) is 0 Å². The number of hydrogen-bond acceptors (Lipinski definition) is 4. The molecule has 0 fully saturated rings. The number of rotatable bonds is 7. The molecule has 138 valence electrons. The van der Waals surface area contributed by atoms with Crippen molar-refractivity contribution in [3.63, 3.8) is 0 Å². The summed E-state index contributed by atoms with van der Waals surface area (Å²) in [6.45, 7) is 4.06. The lowest BCUT2D eigenvalue weighted by Crippen LogP contribution is -2.43. The maximum absolute atomic E-state index is 12.8. The van der Waals surface area contributed by atoms with Crippen LogP contribution in [-0.2, 0) is 16.1 Å². The summed E-state index contributed by atoms with van der Waals surface area (Å²) in [5.74, 6) is -1.02. The van der Waals surface area contributed by atoms with Gasteiger partial charge in [0, 0.05) is 5.56 Å². The lowest BCUT2D eigenvalue weighted by atomic mass is 10.1. The Morgan fingerprint density at radius 2 is 1.65 bits per heavy atom. The third-order valence-electron chi connectivity index (χ3n) is 3.30. The average molecular weight is 360 g/mol. The van der Waals surface area contributed by atoms with Crippen LogP contribution in [0.25, 0.3) is 0 Å². The molecule has 0 radical (unpaired) electrons. The van der Waals surface area contributed by atoms with E-state index >= 15 is 0 Å². The zero-order valence-corrected chi connectivity index (χ0v) is 14.6. The van der Waals surface area contributed by atoms with E-state index < -0.39 is 17.6 Å². The molecule has 0 heterocycles. The summed E-state index contributed by atoms with van der Waals surface area (Å²) in [5.41, 5.74) is 5.91. The van der Waals surface area contributed by atoms with Gasteiger partial charge in [0.05, 0.1) is 12.7 Å². The van der Waals surface area contributed by atoms with Gasteiger partial charge in [0.25, 0.3) is 11.8 Å². The minimum atomic E-state index is -0.537. The highest BCUT2D eigenvalue weighted by Crippen LogP contribution is 2.10. The molecule has 0 saturated carbocycles. The van der Waals surface area contributed by atoms with Gasteiger partial charge in [-0.2, -0.15) is 0 Å². The van der Waals surface area contributed by atoms with Crippen LogP contribution in [0.4, 0.5) is 4.39 Å². The molecule has 2 aromatic rings. The van der Waals surface area contributed by atoms with E-state index in [1.165, 1.54) is 24.3 Å². The fraction of sp³-hybridized carbons (Fsp3) is 0.263. The summed E-state index contributed by atoms with van der Waals surface area (Å²) in [6, 6.07) is 12.1. The molecule has 0 atom stereocenters. The van der Waals surface area contributed by atoms with Crippen LogP contribution in [0, 0.1) is 5.82 Å². The van der Waals surface area contributed by atoms with E-state index in [1.54, 1.807) is 24.3 Å². The van der Waals surface area contributed by atoms with Gasteiger partial charge in [-0.25, -0.2) is 4.39 Å². The third-order valence-corrected chi connectivity index (χ3v) is 3.30. The summed E-state index contributed by atoms with van der Waals surface area (Å²) in [5, 5.41) is 0. The van der Waals surface area contributed by atoms with Crippen molar-refractivity contribution < 1.29 is 23.5 Å². The van der Waals surface area contributed by atoms with Gasteiger partial charge >= 0.3 is 0 Å². The molecule has 2 amide bonds. The smallest absolute Gasteiger partial charge is 0.276 e. The minimum absolute atomic E-state index is 0.130. The number of hydrogen-bond donors (Lipinski definition) is 2. The molecule has 0 saturated heterocycles. The molecule has 2 rings (SSSR count). The first-order valence-electron chi connectivity index (χ1n) is 8.12. The van der Waals surface area contributed by atoms with Gasteiger partial charge in [-0.1, -0.05) is 12.1 Å². The fourth-order valence-corrected chi connectivity index (χ4v) is 1.93. The fourth-order valence-electron chi connectivity index (χ4n) is 1.93. The second kappa shape index (κ2) is 9.53. The molecular formula is C19H21FN2O4. The van der Waals surface area contributed by atoms with Gasteiger partial charge in [-0.05, 0) is 55.8 Å². The predicted molar refractivity (Wildman–Crippen MR) is 93.9 cm³/mol. The normalized spacial score (nSPS) is 10.5. The SMILES string of the molecule is CC(C)OCc1ccc(C(=O)NNC(=O)COc2ccc(F)cc2)cc1. The van der Waals surface area contributed by atoms with E-state index in [0.29, 0.717) is 17.9 Å². The molecule has 0 aliphatic carbocycles. The largest absolute Gasteiger partial charge is 0.484 e. The van der Waals surface area contributed by atoms with Crippen molar-refractivity contribution in [3.8, 4) is 5.75 Å². The molecule has 0 spiro atoms. The standard InChI is InChI=1S/C19H21FN2O4/c1-13(2)25-11-14-3-5-15(6-4-14)19(24)22-21-18(23)12-26-17-9-7-16(20)8-10-17/h3-10,13H,11-12H2,1-2H3,(H,21,23)(H,22,24). The minimum Gasteiger partial charge on any atom is -0.484 e. The van der Waals surface area contributed by atoms with Gasteiger partial charge < -0.3 is 9.47 Å². The number of nitrogens with one attached hydrogen (secondary N) is 2. The molecule has 0 unspecified atom stereocenters. The number of hydrazine groups is 1.